The summed E-state index contributed by atoms with van der Waals surface area (Å²) in [5.74, 6) is -0.105. The molecule has 0 spiro atoms. The van der Waals surface area contributed by atoms with E-state index >= 15 is 0 Å². The smallest absolute Gasteiger partial charge is 0.126 e. The minimum atomic E-state index is -0.105. The zero-order chi connectivity index (χ0) is 77.5. The average molecular weight is 1420 g/mol. The Morgan fingerprint density at radius 3 is 0.519 bits per heavy atom. The van der Waals surface area contributed by atoms with E-state index < -0.39 is 0 Å². The molecule has 0 bridgehead atoms. The van der Waals surface area contributed by atoms with Crippen molar-refractivity contribution in [1.82, 2.24) is 42.5 Å². The van der Waals surface area contributed by atoms with Gasteiger partial charge in [-0.15, -0.1) is 0 Å². The maximum absolute atomic E-state index is 13.1. The fraction of sp³-hybridized carbons (Fsp3) is 0.495. The number of benzene rings is 8. The first-order chi connectivity index (χ1) is 49.5. The highest BCUT2D eigenvalue weighted by Gasteiger charge is 2.03. The second-order valence-electron chi connectivity index (χ2n) is 30.4. The van der Waals surface area contributed by atoms with Gasteiger partial charge in [-0.2, -0.15) is 0 Å². The Labute approximate surface area is 638 Å². The van der Waals surface area contributed by atoms with Gasteiger partial charge in [0.25, 0.3) is 0 Å². The van der Waals surface area contributed by atoms with Crippen molar-refractivity contribution >= 4 is 0 Å². The molecule has 576 valence electrons. The molecule has 0 saturated carbocycles. The van der Waals surface area contributed by atoms with Gasteiger partial charge in [-0.05, 0) is 208 Å². The van der Waals surface area contributed by atoms with Crippen molar-refractivity contribution < 1.29 is 4.39 Å². The normalized spacial score (nSPS) is 10.8. The SMILES string of the molecule is CC(C)NCCc1ccccc1.Cc1ccc(CCNC(C)C)cc1.Cc1ccc(CCNC(C)C)cc1.Cc1ccc(CCNC(C)C)cc1.Cc1ccc(CCNC(C)C)cc1.Cc1ccc(CCNC(C)C)cc1.Cc1ccc(CCNC(C)C)cc1.Cc1ccc(CCNC(C)C)cc1F. The maximum Gasteiger partial charge on any atom is 0.126 e. The largest absolute Gasteiger partial charge is 0.314 e. The van der Waals surface area contributed by atoms with E-state index in [1.807, 2.05) is 12.1 Å². The third-order valence-electron chi connectivity index (χ3n) is 16.5. The van der Waals surface area contributed by atoms with E-state index in [1.54, 1.807) is 13.0 Å². The van der Waals surface area contributed by atoms with Crippen molar-refractivity contribution in [3.8, 4) is 0 Å². The average Bonchev–Trinajstić information content (AvgIpc) is 0.988. The quantitative estimate of drug-likeness (QED) is 0.0211. The van der Waals surface area contributed by atoms with E-state index in [1.165, 1.54) is 72.3 Å². The van der Waals surface area contributed by atoms with Gasteiger partial charge in [-0.1, -0.05) is 332 Å². The molecule has 0 unspecified atom stereocenters. The van der Waals surface area contributed by atoms with Gasteiger partial charge < -0.3 is 42.5 Å². The van der Waals surface area contributed by atoms with E-state index in [0.29, 0.717) is 53.9 Å². The molecule has 104 heavy (non-hydrogen) atoms. The lowest BCUT2D eigenvalue weighted by atomic mass is 10.1. The zero-order valence-electron chi connectivity index (χ0n) is 69.8. The van der Waals surface area contributed by atoms with Crippen molar-refractivity contribution in [2.75, 3.05) is 52.4 Å². The van der Waals surface area contributed by atoms with Crippen LogP contribution in [0, 0.1) is 54.3 Å². The molecule has 0 atom stereocenters. The van der Waals surface area contributed by atoms with Crippen LogP contribution >= 0.6 is 0 Å². The van der Waals surface area contributed by atoms with E-state index in [-0.39, 0.29) is 5.82 Å². The highest BCUT2D eigenvalue weighted by molar-refractivity contribution is 5.27. The van der Waals surface area contributed by atoms with Gasteiger partial charge in [-0.3, -0.25) is 0 Å². The second-order valence-corrected chi connectivity index (χ2v) is 30.4. The lowest BCUT2D eigenvalue weighted by molar-refractivity contribution is 0.585. The fourth-order valence-electron chi connectivity index (χ4n) is 10.0. The highest BCUT2D eigenvalue weighted by atomic mass is 19.1. The molecule has 8 rings (SSSR count). The Bertz CT molecular complexity index is 2820. The molecule has 9 heteroatoms. The van der Waals surface area contributed by atoms with E-state index in [2.05, 4.69) is 371 Å². The summed E-state index contributed by atoms with van der Waals surface area (Å²) in [6, 6.07) is 73.1. The lowest BCUT2D eigenvalue weighted by Crippen LogP contribution is -2.24. The molecule has 8 N–H and O–H groups in total. The molecule has 0 aliphatic carbocycles. The summed E-state index contributed by atoms with van der Waals surface area (Å²) in [7, 11) is 0. The topological polar surface area (TPSA) is 96.2 Å². The van der Waals surface area contributed by atoms with Gasteiger partial charge in [0, 0.05) is 48.3 Å². The number of hydrogen-bond donors (Lipinski definition) is 8. The number of hydrogen-bond acceptors (Lipinski definition) is 8. The van der Waals surface area contributed by atoms with Crippen LogP contribution < -0.4 is 42.5 Å². The molecule has 0 saturated heterocycles. The van der Waals surface area contributed by atoms with Crippen molar-refractivity contribution in [2.24, 2.45) is 0 Å². The monoisotopic (exact) mass is 1420 g/mol. The van der Waals surface area contributed by atoms with Crippen LogP contribution in [-0.2, 0) is 51.4 Å². The third-order valence-corrected chi connectivity index (χ3v) is 16.5. The van der Waals surface area contributed by atoms with Crippen molar-refractivity contribution in [1.29, 1.82) is 0 Å². The first-order valence-corrected chi connectivity index (χ1v) is 39.5. The Kier molecular flexibility index (Phi) is 54.6. The predicted molar refractivity (Wildman–Crippen MR) is 459 cm³/mol. The van der Waals surface area contributed by atoms with Crippen molar-refractivity contribution in [3.05, 3.63) is 283 Å². The third kappa shape index (κ3) is 56.7. The zero-order valence-corrected chi connectivity index (χ0v) is 69.8. The van der Waals surface area contributed by atoms with E-state index in [9.17, 15) is 4.39 Å². The Hall–Kier alpha value is -6.63. The molecule has 0 aromatic heterocycles. The lowest BCUT2D eigenvalue weighted by Gasteiger charge is -2.08. The van der Waals surface area contributed by atoms with Gasteiger partial charge >= 0.3 is 0 Å². The summed E-state index contributed by atoms with van der Waals surface area (Å²) in [5.41, 5.74) is 19.7. The molecule has 0 amide bonds. The fourth-order valence-corrected chi connectivity index (χ4v) is 10.0. The van der Waals surface area contributed by atoms with Crippen molar-refractivity contribution in [3.63, 3.8) is 0 Å². The van der Waals surface area contributed by atoms with Crippen LogP contribution in [0.25, 0.3) is 0 Å². The number of nitrogens with one attached hydrogen (secondary N) is 8. The van der Waals surface area contributed by atoms with Crippen LogP contribution in [0.15, 0.2) is 194 Å². The van der Waals surface area contributed by atoms with Crippen LogP contribution in [0.3, 0.4) is 0 Å². The summed E-state index contributed by atoms with van der Waals surface area (Å²) in [4.78, 5) is 0. The van der Waals surface area contributed by atoms with Crippen molar-refractivity contribution in [2.45, 2.75) is 259 Å². The first kappa shape index (κ1) is 95.4. The molecule has 0 aliphatic rings. The Morgan fingerprint density at radius 2 is 0.356 bits per heavy atom. The number of rotatable bonds is 32. The van der Waals surface area contributed by atoms with Crippen LogP contribution in [0.2, 0.25) is 0 Å². The predicted octanol–water partition coefficient (Wildman–Crippen LogP) is 20.1. The molecule has 0 aliphatic heterocycles. The summed E-state index contributed by atoms with van der Waals surface area (Å²) < 4.78 is 13.1. The summed E-state index contributed by atoms with van der Waals surface area (Å²) in [6.07, 6.45) is 8.75. The molecule has 0 fully saturated rings. The minimum absolute atomic E-state index is 0.105. The standard InChI is InChI=1S/C12H18FN.6C12H19N.C11H17N/c1-9(2)14-7-6-11-5-4-10(3)12(13)8-11;6*1-10(2)13-9-8-12-6-4-11(3)5-7-12;1-10(2)12-9-8-11-6-4-3-5-7-11/h4-5,8-9,14H,6-7H2,1-3H3;6*4-7,10,13H,8-9H2,1-3H3;3-7,10,12H,8-9H2,1-2H3. The Balaban J connectivity index is 0.000000594. The molecule has 8 nitrogen and oxygen atoms in total. The van der Waals surface area contributed by atoms with Crippen LogP contribution in [-0.4, -0.2) is 101 Å². The summed E-state index contributed by atoms with van der Waals surface area (Å²) in [6.45, 7) is 57.6. The van der Waals surface area contributed by atoms with Gasteiger partial charge in [0.15, 0.2) is 0 Å². The molecular weight excluding hydrogens is 1270 g/mol. The van der Waals surface area contributed by atoms with Crippen LogP contribution in [0.5, 0.6) is 0 Å². The number of halogens is 1. The molecule has 8 aromatic rings. The van der Waals surface area contributed by atoms with Gasteiger partial charge in [0.05, 0.1) is 0 Å². The van der Waals surface area contributed by atoms with Gasteiger partial charge in [0.2, 0.25) is 0 Å². The highest BCUT2D eigenvalue weighted by Crippen LogP contribution is 2.11. The van der Waals surface area contributed by atoms with Crippen LogP contribution in [0.1, 0.15) is 194 Å². The van der Waals surface area contributed by atoms with Crippen LogP contribution in [0.4, 0.5) is 4.39 Å². The summed E-state index contributed by atoms with van der Waals surface area (Å²) >= 11 is 0. The minimum Gasteiger partial charge on any atom is -0.314 e. The van der Waals surface area contributed by atoms with Gasteiger partial charge in [-0.25, -0.2) is 4.39 Å². The number of aryl methyl sites for hydroxylation is 7. The van der Waals surface area contributed by atoms with Gasteiger partial charge in [0.1, 0.15) is 5.82 Å². The first-order valence-electron chi connectivity index (χ1n) is 39.5. The molecule has 0 heterocycles. The van der Waals surface area contributed by atoms with E-state index in [4.69, 9.17) is 0 Å². The summed E-state index contributed by atoms with van der Waals surface area (Å²) in [5, 5.41) is 27.2. The maximum atomic E-state index is 13.1. The van der Waals surface area contributed by atoms with E-state index in [0.717, 1.165) is 109 Å². The second kappa shape index (κ2) is 59.5. The molecule has 0 radical (unpaired) electrons. The Morgan fingerprint density at radius 1 is 0.202 bits per heavy atom. The molecule has 8 aromatic carbocycles. The molecular formula is C95H149FN8.